The van der Waals surface area contributed by atoms with Gasteiger partial charge in [-0.15, -0.1) is 6.58 Å². The number of aliphatic hydroxyl groups is 7. The summed E-state index contributed by atoms with van der Waals surface area (Å²) in [6.07, 6.45) is 20.9. The molecule has 0 bridgehead atoms. The first-order valence-corrected chi connectivity index (χ1v) is 25.9. The van der Waals surface area contributed by atoms with E-state index >= 15 is 0 Å². The largest absolute Gasteiger partial charge is 0.462 e. The Labute approximate surface area is 396 Å². The first kappa shape index (κ1) is 60.1. The second-order valence-corrected chi connectivity index (χ2v) is 18.4. The highest BCUT2D eigenvalue weighted by Gasteiger charge is 2.47. The fourth-order valence-corrected chi connectivity index (χ4v) is 8.25. The summed E-state index contributed by atoms with van der Waals surface area (Å²) in [5.41, 5.74) is 0. The van der Waals surface area contributed by atoms with E-state index < -0.39 is 92.7 Å². The van der Waals surface area contributed by atoms with Crippen molar-refractivity contribution in [2.75, 3.05) is 26.4 Å². The molecule has 2 fully saturated rings. The highest BCUT2D eigenvalue weighted by atomic mass is 16.7. The lowest BCUT2D eigenvalue weighted by atomic mass is 9.98. The molecule has 0 aromatic carbocycles. The second-order valence-electron chi connectivity index (χ2n) is 18.4. The molecular formula is C51H92O15. The molecular weight excluding hydrogens is 853 g/mol. The van der Waals surface area contributed by atoms with Crippen LogP contribution in [0.25, 0.3) is 0 Å². The summed E-state index contributed by atoms with van der Waals surface area (Å²) < 4.78 is 33.6. The molecule has 0 amide bonds. The molecule has 0 saturated carbocycles. The van der Waals surface area contributed by atoms with Crippen LogP contribution in [0.15, 0.2) is 24.8 Å². The van der Waals surface area contributed by atoms with Crippen molar-refractivity contribution in [1.29, 1.82) is 0 Å². The van der Waals surface area contributed by atoms with Crippen molar-refractivity contribution in [3.63, 3.8) is 0 Å². The van der Waals surface area contributed by atoms with Crippen molar-refractivity contribution >= 4 is 11.9 Å². The number of carbonyl (C=O) groups is 2. The molecule has 4 unspecified atom stereocenters. The van der Waals surface area contributed by atoms with Crippen LogP contribution in [-0.4, -0.2) is 142 Å². The molecule has 2 rings (SSSR count). The summed E-state index contributed by atoms with van der Waals surface area (Å²) in [4.78, 5) is 25.7. The molecule has 0 aromatic heterocycles. The van der Waals surface area contributed by atoms with E-state index in [1.54, 1.807) is 0 Å². The predicted molar refractivity (Wildman–Crippen MR) is 252 cm³/mol. The molecule has 66 heavy (non-hydrogen) atoms. The normalized spacial score (nSPS) is 26.1. The number of ether oxygens (including phenoxy) is 6. The highest BCUT2D eigenvalue weighted by molar-refractivity contribution is 5.70. The van der Waals surface area contributed by atoms with Gasteiger partial charge in [0.15, 0.2) is 18.7 Å². The molecule has 2 aliphatic heterocycles. The van der Waals surface area contributed by atoms with E-state index in [0.717, 1.165) is 64.2 Å². The van der Waals surface area contributed by atoms with Crippen molar-refractivity contribution in [3.8, 4) is 0 Å². The number of hydrogen-bond donors (Lipinski definition) is 7. The topological polar surface area (TPSA) is 231 Å². The van der Waals surface area contributed by atoms with E-state index in [0.29, 0.717) is 12.8 Å². The van der Waals surface area contributed by atoms with E-state index in [4.69, 9.17) is 28.4 Å². The maximum Gasteiger partial charge on any atom is 0.306 e. The number of esters is 2. The van der Waals surface area contributed by atoms with Gasteiger partial charge in [-0.2, -0.15) is 0 Å². The van der Waals surface area contributed by atoms with E-state index in [1.165, 1.54) is 96.3 Å². The molecule has 0 radical (unpaired) electrons. The minimum atomic E-state index is -1.76. The maximum absolute atomic E-state index is 13.0. The summed E-state index contributed by atoms with van der Waals surface area (Å²) in [5.74, 6) is -0.932. The van der Waals surface area contributed by atoms with Gasteiger partial charge in [0.1, 0.15) is 55.4 Å². The molecule has 0 aliphatic carbocycles. The van der Waals surface area contributed by atoms with Gasteiger partial charge in [-0.1, -0.05) is 147 Å². The first-order chi connectivity index (χ1) is 32.0. The van der Waals surface area contributed by atoms with Gasteiger partial charge in [-0.3, -0.25) is 9.59 Å². The Hall–Kier alpha value is -2.02. The van der Waals surface area contributed by atoms with E-state index in [9.17, 15) is 45.3 Å². The average Bonchev–Trinajstić information content (AvgIpc) is 3.31. The summed E-state index contributed by atoms with van der Waals surface area (Å²) in [7, 11) is 0. The molecule has 0 spiro atoms. The fraction of sp³-hybridized carbons (Fsp3) is 0.882. The zero-order valence-electron chi connectivity index (χ0n) is 40.5. The van der Waals surface area contributed by atoms with Gasteiger partial charge in [0.05, 0.1) is 19.8 Å². The maximum atomic E-state index is 13.0. The van der Waals surface area contributed by atoms with Crippen molar-refractivity contribution in [3.05, 3.63) is 24.8 Å². The van der Waals surface area contributed by atoms with Crippen LogP contribution in [0.2, 0.25) is 0 Å². The van der Waals surface area contributed by atoms with Crippen LogP contribution >= 0.6 is 0 Å². The van der Waals surface area contributed by atoms with Gasteiger partial charge in [0.2, 0.25) is 0 Å². The van der Waals surface area contributed by atoms with Crippen molar-refractivity contribution in [2.24, 2.45) is 0 Å². The molecule has 2 saturated heterocycles. The number of rotatable bonds is 41. The van der Waals surface area contributed by atoms with Crippen LogP contribution in [0.4, 0.5) is 0 Å². The zero-order valence-corrected chi connectivity index (χ0v) is 40.5. The van der Waals surface area contributed by atoms with E-state index in [-0.39, 0.29) is 26.1 Å². The SMILES string of the molecule is C=CCCCCCCCCCCCCCCCC(=O)OC[C@H](CO[C@@H]1O[C@H](CO[C@@H]2O[C@H](CO)[C@H](O)C(O)C2O)[C@H](O)C(O)C1O)OC(=O)CCCCCCC/C=C/CCCCCCCC. The van der Waals surface area contributed by atoms with Crippen LogP contribution in [0.5, 0.6) is 0 Å². The third-order valence-electron chi connectivity index (χ3n) is 12.5. The van der Waals surface area contributed by atoms with Gasteiger partial charge in [-0.05, 0) is 51.4 Å². The van der Waals surface area contributed by atoms with Crippen molar-refractivity contribution in [1.82, 2.24) is 0 Å². The smallest absolute Gasteiger partial charge is 0.306 e. The number of unbranched alkanes of at least 4 members (excludes halogenated alkanes) is 24. The van der Waals surface area contributed by atoms with Gasteiger partial charge in [0, 0.05) is 12.8 Å². The Morgan fingerprint density at radius 3 is 1.44 bits per heavy atom. The Bertz CT molecular complexity index is 1240. The van der Waals surface area contributed by atoms with Gasteiger partial charge >= 0.3 is 11.9 Å². The summed E-state index contributed by atoms with van der Waals surface area (Å²) in [6, 6.07) is 0. The summed E-state index contributed by atoms with van der Waals surface area (Å²) in [5, 5.41) is 72.1. The zero-order chi connectivity index (χ0) is 48.2. The molecule has 386 valence electrons. The highest BCUT2D eigenvalue weighted by Crippen LogP contribution is 2.26. The predicted octanol–water partition coefficient (Wildman–Crippen LogP) is 7.16. The summed E-state index contributed by atoms with van der Waals surface area (Å²) >= 11 is 0. The number of carbonyl (C=O) groups excluding carboxylic acids is 2. The molecule has 0 aromatic rings. The molecule has 15 nitrogen and oxygen atoms in total. The molecule has 11 atom stereocenters. The minimum Gasteiger partial charge on any atom is -0.462 e. The van der Waals surface area contributed by atoms with Crippen molar-refractivity contribution < 1.29 is 73.8 Å². The molecule has 2 aliphatic rings. The Balaban J connectivity index is 1.80. The summed E-state index contributed by atoms with van der Waals surface area (Å²) in [6.45, 7) is 4.12. The molecule has 15 heteroatoms. The quantitative estimate of drug-likeness (QED) is 0.0183. The van der Waals surface area contributed by atoms with Crippen LogP contribution in [0.3, 0.4) is 0 Å². The van der Waals surface area contributed by atoms with Gasteiger partial charge in [0.25, 0.3) is 0 Å². The third-order valence-corrected chi connectivity index (χ3v) is 12.5. The Kier molecular flexibility index (Phi) is 35.3. The molecule has 2 heterocycles. The lowest BCUT2D eigenvalue weighted by molar-refractivity contribution is -0.332. The Morgan fingerprint density at radius 2 is 0.939 bits per heavy atom. The van der Waals surface area contributed by atoms with Gasteiger partial charge in [-0.25, -0.2) is 0 Å². The monoisotopic (exact) mass is 945 g/mol. The Morgan fingerprint density at radius 1 is 0.515 bits per heavy atom. The second kappa shape index (κ2) is 38.8. The molecule has 7 N–H and O–H groups in total. The average molecular weight is 945 g/mol. The van der Waals surface area contributed by atoms with Gasteiger partial charge < -0.3 is 64.2 Å². The number of allylic oxidation sites excluding steroid dienone is 3. The lowest BCUT2D eigenvalue weighted by Gasteiger charge is -2.42. The number of aliphatic hydroxyl groups excluding tert-OH is 7. The van der Waals surface area contributed by atoms with E-state index in [2.05, 4.69) is 25.7 Å². The first-order valence-electron chi connectivity index (χ1n) is 25.9. The van der Waals surface area contributed by atoms with Crippen LogP contribution in [0, 0.1) is 0 Å². The van der Waals surface area contributed by atoms with Crippen molar-refractivity contribution in [2.45, 2.75) is 261 Å². The van der Waals surface area contributed by atoms with Crippen LogP contribution in [0.1, 0.15) is 193 Å². The lowest BCUT2D eigenvalue weighted by Crippen LogP contribution is -2.61. The third kappa shape index (κ3) is 26.7. The van der Waals surface area contributed by atoms with E-state index in [1.807, 2.05) is 6.08 Å². The minimum absolute atomic E-state index is 0.157. The fourth-order valence-electron chi connectivity index (χ4n) is 8.25. The van der Waals surface area contributed by atoms with Crippen LogP contribution in [-0.2, 0) is 38.0 Å². The van der Waals surface area contributed by atoms with Crippen LogP contribution < -0.4 is 0 Å². The number of hydrogen-bond acceptors (Lipinski definition) is 15. The standard InChI is InChI=1S/C51H92O15/c1-3-5-7-9-11-13-15-17-19-21-23-25-27-29-31-33-42(53)61-36-39(64-43(54)34-32-30-28-26-24-22-20-18-16-14-12-10-8-6-4-2)37-62-50-49(60)47(58)45(56)41(66-50)38-63-51-48(59)46(57)44(55)40(35-52)65-51/h3,18,20,39-41,44-52,55-60H,1,4-17,19,21-38H2,2H3/b20-18+/t39-,40-,41-,44+,45+,46?,47?,48?,49?,50-,51-/m1/s1.